The number of rotatable bonds is 12. The predicted octanol–water partition coefficient (Wildman–Crippen LogP) is 4.45. The number of fused-ring (bicyclic) bond motifs is 1. The molecule has 192 valence electrons. The van der Waals surface area contributed by atoms with Gasteiger partial charge in [0, 0.05) is 12.7 Å². The van der Waals surface area contributed by atoms with E-state index in [2.05, 4.69) is 56.6 Å². The highest BCUT2D eigenvalue weighted by Gasteiger charge is 2.11. The van der Waals surface area contributed by atoms with Crippen molar-refractivity contribution in [1.82, 2.24) is 25.2 Å². The summed E-state index contributed by atoms with van der Waals surface area (Å²) in [5.41, 5.74) is 3.74. The number of hydrogen-bond acceptors (Lipinski definition) is 6. The quantitative estimate of drug-likeness (QED) is 0.281. The van der Waals surface area contributed by atoms with Crippen LogP contribution in [0.25, 0.3) is 10.9 Å². The number of pyridine rings is 1. The van der Waals surface area contributed by atoms with E-state index in [0.29, 0.717) is 23.3 Å². The van der Waals surface area contributed by atoms with E-state index >= 15 is 0 Å². The van der Waals surface area contributed by atoms with E-state index in [1.54, 1.807) is 12.3 Å². The van der Waals surface area contributed by atoms with Crippen LogP contribution < -0.4 is 15.6 Å². The van der Waals surface area contributed by atoms with E-state index in [-0.39, 0.29) is 12.2 Å². The van der Waals surface area contributed by atoms with Gasteiger partial charge in [-0.05, 0) is 87.6 Å². The molecule has 1 aliphatic rings. The number of ether oxygens (including phenoxy) is 1. The molecule has 0 bridgehead atoms. The average molecular weight is 498 g/mol. The molecular weight excluding hydrogens is 462 g/mol. The molecule has 37 heavy (non-hydrogen) atoms. The molecule has 0 amide bonds. The Labute approximate surface area is 217 Å². The number of unbranched alkanes of at least 4 members (excludes halogenated alkanes) is 1. The number of likely N-dealkylation sites (tertiary alicyclic amines) is 1. The minimum atomic E-state index is -0.170. The first-order valence-electron chi connectivity index (χ1n) is 13.3. The standard InChI is InChI=1S/C30H35N5O2/c36-30-26-14-16-32-27(21-31-15-4-5-17-35-18-6-7-19-35)29(26)33-28(34-30)22-37-25-12-10-24(11-13-25)20-23-8-2-1-3-9-23/h1-3,8-14,16,31H,4-7,15,17-22H2,(H,33,34,36). The number of nitrogens with one attached hydrogen (secondary N) is 2. The zero-order valence-corrected chi connectivity index (χ0v) is 21.3. The second-order valence-corrected chi connectivity index (χ2v) is 9.69. The normalized spacial score (nSPS) is 13.8. The smallest absolute Gasteiger partial charge is 0.258 e. The fourth-order valence-corrected chi connectivity index (χ4v) is 4.85. The summed E-state index contributed by atoms with van der Waals surface area (Å²) in [6, 6.07) is 20.1. The van der Waals surface area contributed by atoms with Crippen molar-refractivity contribution in [3.05, 3.63) is 99.9 Å². The van der Waals surface area contributed by atoms with Crippen molar-refractivity contribution in [2.45, 2.75) is 45.3 Å². The first-order valence-corrected chi connectivity index (χ1v) is 13.3. The Morgan fingerprint density at radius 2 is 1.73 bits per heavy atom. The van der Waals surface area contributed by atoms with Gasteiger partial charge in [0.2, 0.25) is 0 Å². The van der Waals surface area contributed by atoms with Crippen LogP contribution in [0.3, 0.4) is 0 Å². The van der Waals surface area contributed by atoms with Crippen LogP contribution in [0.5, 0.6) is 5.75 Å². The molecule has 0 unspecified atom stereocenters. The van der Waals surface area contributed by atoms with E-state index in [1.165, 1.54) is 50.0 Å². The van der Waals surface area contributed by atoms with Crippen LogP contribution in [-0.4, -0.2) is 46.0 Å². The molecule has 1 saturated heterocycles. The molecule has 7 nitrogen and oxygen atoms in total. The summed E-state index contributed by atoms with van der Waals surface area (Å²) in [7, 11) is 0. The highest BCUT2D eigenvalue weighted by molar-refractivity contribution is 5.79. The molecule has 0 aliphatic carbocycles. The molecule has 0 atom stereocenters. The zero-order chi connectivity index (χ0) is 25.3. The maximum absolute atomic E-state index is 12.7. The molecule has 0 radical (unpaired) electrons. The fraction of sp³-hybridized carbons (Fsp3) is 0.367. The van der Waals surface area contributed by atoms with Gasteiger partial charge in [0.1, 0.15) is 23.7 Å². The van der Waals surface area contributed by atoms with Crippen LogP contribution in [-0.2, 0) is 19.6 Å². The van der Waals surface area contributed by atoms with Crippen LogP contribution in [0.4, 0.5) is 0 Å². The maximum atomic E-state index is 12.7. The van der Waals surface area contributed by atoms with E-state index in [1.807, 2.05) is 18.2 Å². The lowest BCUT2D eigenvalue weighted by Gasteiger charge is -2.14. The molecule has 2 aromatic carbocycles. The predicted molar refractivity (Wildman–Crippen MR) is 147 cm³/mol. The summed E-state index contributed by atoms with van der Waals surface area (Å²) in [4.78, 5) is 27.3. The maximum Gasteiger partial charge on any atom is 0.258 e. The van der Waals surface area contributed by atoms with Gasteiger partial charge in [-0.1, -0.05) is 42.5 Å². The van der Waals surface area contributed by atoms with Crippen molar-refractivity contribution in [1.29, 1.82) is 0 Å². The Morgan fingerprint density at radius 1 is 0.946 bits per heavy atom. The lowest BCUT2D eigenvalue weighted by atomic mass is 10.1. The SMILES string of the molecule is O=c1[nH]c(COc2ccc(Cc3ccccc3)cc2)nc2c(CNCCCCN3CCCC3)nccc12. The summed E-state index contributed by atoms with van der Waals surface area (Å²) in [6.45, 7) is 5.37. The van der Waals surface area contributed by atoms with Gasteiger partial charge in [-0.25, -0.2) is 4.98 Å². The summed E-state index contributed by atoms with van der Waals surface area (Å²) in [5.74, 6) is 1.23. The molecule has 2 N–H and O–H groups in total. The number of hydrogen-bond donors (Lipinski definition) is 2. The van der Waals surface area contributed by atoms with Gasteiger partial charge in [-0.2, -0.15) is 0 Å². The van der Waals surface area contributed by atoms with E-state index < -0.39 is 0 Å². The van der Waals surface area contributed by atoms with Gasteiger partial charge in [-0.15, -0.1) is 0 Å². The number of aromatic nitrogens is 3. The van der Waals surface area contributed by atoms with Gasteiger partial charge in [0.25, 0.3) is 5.56 Å². The number of nitrogens with zero attached hydrogens (tertiary/aromatic N) is 3. The molecule has 2 aromatic heterocycles. The third-order valence-corrected chi connectivity index (χ3v) is 6.87. The highest BCUT2D eigenvalue weighted by Crippen LogP contribution is 2.17. The van der Waals surface area contributed by atoms with Crippen molar-refractivity contribution in [2.75, 3.05) is 26.2 Å². The average Bonchev–Trinajstić information content (AvgIpc) is 3.45. The second-order valence-electron chi connectivity index (χ2n) is 9.69. The van der Waals surface area contributed by atoms with Crippen LogP contribution in [0.1, 0.15) is 48.3 Å². The van der Waals surface area contributed by atoms with Crippen LogP contribution >= 0.6 is 0 Å². The summed E-state index contributed by atoms with van der Waals surface area (Å²) in [6.07, 6.45) is 7.55. The molecule has 0 saturated carbocycles. The fourth-order valence-electron chi connectivity index (χ4n) is 4.85. The second kappa shape index (κ2) is 12.6. The number of benzene rings is 2. The number of aromatic amines is 1. The lowest BCUT2D eigenvalue weighted by molar-refractivity contribution is 0.296. The molecule has 5 rings (SSSR count). The monoisotopic (exact) mass is 497 g/mol. The zero-order valence-electron chi connectivity index (χ0n) is 21.3. The van der Waals surface area contributed by atoms with Crippen molar-refractivity contribution < 1.29 is 4.74 Å². The van der Waals surface area contributed by atoms with Crippen LogP contribution in [0, 0.1) is 0 Å². The van der Waals surface area contributed by atoms with Crippen molar-refractivity contribution >= 4 is 10.9 Å². The third kappa shape index (κ3) is 7.02. The largest absolute Gasteiger partial charge is 0.486 e. The van der Waals surface area contributed by atoms with E-state index in [4.69, 9.17) is 9.72 Å². The molecule has 1 aliphatic heterocycles. The summed E-state index contributed by atoms with van der Waals surface area (Å²) >= 11 is 0. The van der Waals surface area contributed by atoms with Gasteiger partial charge in [0.15, 0.2) is 0 Å². The Bertz CT molecular complexity index is 1330. The molecule has 1 fully saturated rings. The van der Waals surface area contributed by atoms with Gasteiger partial charge < -0.3 is 19.9 Å². The Balaban J connectivity index is 1.16. The minimum absolute atomic E-state index is 0.170. The van der Waals surface area contributed by atoms with Gasteiger partial charge in [0.05, 0.1) is 11.1 Å². The first kappa shape index (κ1) is 25.1. The van der Waals surface area contributed by atoms with Gasteiger partial charge in [-0.3, -0.25) is 9.78 Å². The van der Waals surface area contributed by atoms with Crippen LogP contribution in [0.15, 0.2) is 71.7 Å². The van der Waals surface area contributed by atoms with Crippen molar-refractivity contribution in [3.8, 4) is 5.75 Å². The Kier molecular flexibility index (Phi) is 8.56. The molecular formula is C30H35N5O2. The lowest BCUT2D eigenvalue weighted by Crippen LogP contribution is -2.22. The third-order valence-electron chi connectivity index (χ3n) is 6.87. The van der Waals surface area contributed by atoms with E-state index in [9.17, 15) is 4.79 Å². The van der Waals surface area contributed by atoms with Crippen LogP contribution in [0.2, 0.25) is 0 Å². The topological polar surface area (TPSA) is 83.1 Å². The van der Waals surface area contributed by atoms with Gasteiger partial charge >= 0.3 is 0 Å². The van der Waals surface area contributed by atoms with Crippen molar-refractivity contribution in [2.24, 2.45) is 0 Å². The minimum Gasteiger partial charge on any atom is -0.486 e. The number of H-pyrrole nitrogens is 1. The van der Waals surface area contributed by atoms with Crippen molar-refractivity contribution in [3.63, 3.8) is 0 Å². The Hall–Kier alpha value is -3.55. The summed E-state index contributed by atoms with van der Waals surface area (Å²) in [5, 5.41) is 4.02. The highest BCUT2D eigenvalue weighted by atomic mass is 16.5. The Morgan fingerprint density at radius 3 is 2.54 bits per heavy atom. The molecule has 0 spiro atoms. The molecule has 3 heterocycles. The molecule has 4 aromatic rings. The van der Waals surface area contributed by atoms with E-state index in [0.717, 1.165) is 30.8 Å². The first-order chi connectivity index (χ1) is 18.2. The molecule has 7 heteroatoms. The summed E-state index contributed by atoms with van der Waals surface area (Å²) < 4.78 is 5.94.